The predicted octanol–water partition coefficient (Wildman–Crippen LogP) is 1.64. The van der Waals surface area contributed by atoms with Gasteiger partial charge in [-0.05, 0) is 25.7 Å². The zero-order chi connectivity index (χ0) is 16.3. The Morgan fingerprint density at radius 3 is 2.68 bits per heavy atom. The number of aryl methyl sites for hydroxylation is 2. The fraction of sp³-hybridized carbons (Fsp3) is 0.143. The number of benzene rings is 1. The fourth-order valence-electron chi connectivity index (χ4n) is 1.84. The average molecular weight is 302 g/mol. The van der Waals surface area contributed by atoms with Crippen LogP contribution in [0.4, 0.5) is 5.69 Å². The van der Waals surface area contributed by atoms with Crippen molar-refractivity contribution in [2.24, 2.45) is 5.10 Å². The maximum Gasteiger partial charge on any atom is 0.274 e. The van der Waals surface area contributed by atoms with Crippen molar-refractivity contribution in [3.8, 4) is 5.75 Å². The van der Waals surface area contributed by atoms with E-state index in [0.717, 1.165) is 12.1 Å². The van der Waals surface area contributed by atoms with Crippen molar-refractivity contribution >= 4 is 17.8 Å². The van der Waals surface area contributed by atoms with E-state index in [1.807, 2.05) is 0 Å². The standard InChI is InChI=1S/C14H13N3O5/c1-8-5-11(9(2)22-8)14(19)16-15-7-10-3-4-13(18)12(6-10)17(20)21/h3-7,18H,1-2H3,(H,16,19)/p-1/b15-7-. The van der Waals surface area contributed by atoms with Crippen LogP contribution in [0.3, 0.4) is 0 Å². The molecule has 0 aliphatic carbocycles. The van der Waals surface area contributed by atoms with Crippen LogP contribution >= 0.6 is 0 Å². The minimum atomic E-state index is -0.768. The second-order valence-corrected chi connectivity index (χ2v) is 4.51. The summed E-state index contributed by atoms with van der Waals surface area (Å²) in [5.41, 5.74) is 2.43. The van der Waals surface area contributed by atoms with Gasteiger partial charge in [-0.25, -0.2) is 5.43 Å². The third-order valence-electron chi connectivity index (χ3n) is 2.85. The summed E-state index contributed by atoms with van der Waals surface area (Å²) in [6, 6.07) is 5.12. The van der Waals surface area contributed by atoms with Gasteiger partial charge < -0.3 is 9.52 Å². The summed E-state index contributed by atoms with van der Waals surface area (Å²) in [6.45, 7) is 3.37. The number of nitro groups is 1. The molecule has 0 unspecified atom stereocenters. The van der Waals surface area contributed by atoms with Gasteiger partial charge in [0.2, 0.25) is 0 Å². The summed E-state index contributed by atoms with van der Waals surface area (Å²) in [5, 5.41) is 25.6. The van der Waals surface area contributed by atoms with Gasteiger partial charge in [0.1, 0.15) is 11.5 Å². The SMILES string of the molecule is Cc1cc(C(=O)N/N=C\c2ccc([O-])c([N+](=O)[O-])c2)c(C)o1. The maximum absolute atomic E-state index is 11.9. The molecule has 114 valence electrons. The highest BCUT2D eigenvalue weighted by atomic mass is 16.6. The van der Waals surface area contributed by atoms with Crippen molar-refractivity contribution in [2.45, 2.75) is 13.8 Å². The van der Waals surface area contributed by atoms with E-state index in [0.29, 0.717) is 22.6 Å². The largest absolute Gasteiger partial charge is 0.868 e. The monoisotopic (exact) mass is 302 g/mol. The van der Waals surface area contributed by atoms with Crippen LogP contribution in [0.5, 0.6) is 5.75 Å². The van der Waals surface area contributed by atoms with Crippen molar-refractivity contribution in [3.63, 3.8) is 0 Å². The van der Waals surface area contributed by atoms with E-state index in [-0.39, 0.29) is 0 Å². The van der Waals surface area contributed by atoms with Crippen LogP contribution in [0.25, 0.3) is 0 Å². The molecule has 0 aliphatic heterocycles. The summed E-state index contributed by atoms with van der Waals surface area (Å²) in [5.74, 6) is -0.0685. The number of hydrazone groups is 1. The molecule has 0 aliphatic rings. The summed E-state index contributed by atoms with van der Waals surface area (Å²) < 4.78 is 5.23. The summed E-state index contributed by atoms with van der Waals surface area (Å²) in [4.78, 5) is 21.7. The number of carbonyl (C=O) groups is 1. The second kappa shape index (κ2) is 6.08. The molecule has 2 rings (SSSR count). The molecule has 1 amide bonds. The average Bonchev–Trinajstić information content (AvgIpc) is 2.79. The van der Waals surface area contributed by atoms with Gasteiger partial charge in [-0.3, -0.25) is 14.9 Å². The number of hydrogen-bond acceptors (Lipinski definition) is 6. The van der Waals surface area contributed by atoms with E-state index in [1.54, 1.807) is 19.9 Å². The Morgan fingerprint density at radius 1 is 1.36 bits per heavy atom. The number of amides is 1. The van der Waals surface area contributed by atoms with Gasteiger partial charge in [0.05, 0.1) is 16.7 Å². The highest BCUT2D eigenvalue weighted by Crippen LogP contribution is 2.22. The number of nitrogens with zero attached hydrogens (tertiary/aromatic N) is 2. The molecule has 0 fully saturated rings. The van der Waals surface area contributed by atoms with E-state index in [4.69, 9.17) is 4.42 Å². The molecule has 0 saturated heterocycles. The molecule has 0 atom stereocenters. The van der Waals surface area contributed by atoms with Gasteiger partial charge in [0.15, 0.2) is 0 Å². The number of nitro benzene ring substituents is 1. The molecule has 1 N–H and O–H groups in total. The summed E-state index contributed by atoms with van der Waals surface area (Å²) >= 11 is 0. The molecule has 22 heavy (non-hydrogen) atoms. The lowest BCUT2D eigenvalue weighted by molar-refractivity contribution is -0.398. The van der Waals surface area contributed by atoms with Gasteiger partial charge in [-0.1, -0.05) is 12.1 Å². The number of rotatable bonds is 4. The Hall–Kier alpha value is -3.16. The normalized spacial score (nSPS) is 10.8. The van der Waals surface area contributed by atoms with Gasteiger partial charge in [0.25, 0.3) is 11.6 Å². The van der Waals surface area contributed by atoms with Crippen molar-refractivity contribution in [2.75, 3.05) is 0 Å². The van der Waals surface area contributed by atoms with E-state index >= 15 is 0 Å². The minimum absolute atomic E-state index is 0.326. The molecule has 1 aromatic heterocycles. The first-order valence-corrected chi connectivity index (χ1v) is 6.24. The smallest absolute Gasteiger partial charge is 0.274 e. The number of nitrogens with one attached hydrogen (secondary N) is 1. The molecule has 0 spiro atoms. The van der Waals surface area contributed by atoms with E-state index in [9.17, 15) is 20.0 Å². The lowest BCUT2D eigenvalue weighted by atomic mass is 10.2. The van der Waals surface area contributed by atoms with Crippen molar-refractivity contribution in [1.29, 1.82) is 0 Å². The van der Waals surface area contributed by atoms with Crippen LogP contribution in [0.15, 0.2) is 33.8 Å². The molecule has 0 bridgehead atoms. The lowest BCUT2D eigenvalue weighted by Crippen LogP contribution is -2.17. The first-order valence-electron chi connectivity index (χ1n) is 6.24. The highest BCUT2D eigenvalue weighted by molar-refractivity contribution is 5.95. The van der Waals surface area contributed by atoms with Gasteiger partial charge in [0, 0.05) is 11.6 Å². The van der Waals surface area contributed by atoms with Crippen molar-refractivity contribution in [1.82, 2.24) is 5.43 Å². The number of hydrogen-bond donors (Lipinski definition) is 1. The van der Waals surface area contributed by atoms with Crippen LogP contribution in [-0.2, 0) is 0 Å². The quantitative estimate of drug-likeness (QED) is 0.522. The number of carbonyl (C=O) groups excluding carboxylic acids is 1. The van der Waals surface area contributed by atoms with Crippen molar-refractivity contribution in [3.05, 3.63) is 57.0 Å². The maximum atomic E-state index is 11.9. The third kappa shape index (κ3) is 3.29. The molecule has 8 heteroatoms. The summed E-state index contributed by atoms with van der Waals surface area (Å²) in [7, 11) is 0. The first kappa shape index (κ1) is 15.2. The fourth-order valence-corrected chi connectivity index (χ4v) is 1.84. The Labute approximate surface area is 125 Å². The van der Waals surface area contributed by atoms with Gasteiger partial charge in [-0.2, -0.15) is 5.10 Å². The van der Waals surface area contributed by atoms with Crippen LogP contribution in [0.2, 0.25) is 0 Å². The molecular weight excluding hydrogens is 290 g/mol. The Kier molecular flexibility index (Phi) is 4.21. The van der Waals surface area contributed by atoms with E-state index < -0.39 is 22.3 Å². The van der Waals surface area contributed by atoms with E-state index in [2.05, 4.69) is 10.5 Å². The first-order chi connectivity index (χ1) is 10.4. The predicted molar refractivity (Wildman–Crippen MR) is 75.8 cm³/mol. The third-order valence-corrected chi connectivity index (χ3v) is 2.85. The zero-order valence-electron chi connectivity index (χ0n) is 11.8. The lowest BCUT2D eigenvalue weighted by Gasteiger charge is -2.05. The highest BCUT2D eigenvalue weighted by Gasteiger charge is 2.12. The van der Waals surface area contributed by atoms with Crippen LogP contribution < -0.4 is 10.5 Å². The van der Waals surface area contributed by atoms with Gasteiger partial charge >= 0.3 is 0 Å². The molecule has 2 aromatic rings. The summed E-state index contributed by atoms with van der Waals surface area (Å²) in [6.07, 6.45) is 1.21. The van der Waals surface area contributed by atoms with Crippen LogP contribution in [0, 0.1) is 24.0 Å². The Bertz CT molecular complexity index is 764. The van der Waals surface area contributed by atoms with Crippen molar-refractivity contribution < 1.29 is 19.2 Å². The second-order valence-electron chi connectivity index (χ2n) is 4.51. The van der Waals surface area contributed by atoms with E-state index in [1.165, 1.54) is 12.3 Å². The molecule has 1 aromatic carbocycles. The molecule has 1 heterocycles. The minimum Gasteiger partial charge on any atom is -0.868 e. The van der Waals surface area contributed by atoms with Crippen LogP contribution in [-0.4, -0.2) is 17.0 Å². The van der Waals surface area contributed by atoms with Crippen LogP contribution in [0.1, 0.15) is 27.4 Å². The number of furan rings is 1. The Morgan fingerprint density at radius 2 is 2.09 bits per heavy atom. The topological polar surface area (TPSA) is 121 Å². The molecule has 0 saturated carbocycles. The molecular formula is C14H12N3O5-. The molecule has 8 nitrogen and oxygen atoms in total. The Balaban J connectivity index is 2.10. The molecule has 0 radical (unpaired) electrons. The zero-order valence-corrected chi connectivity index (χ0v) is 11.8. The van der Waals surface area contributed by atoms with Gasteiger partial charge in [-0.15, -0.1) is 0 Å².